The number of aromatic nitrogens is 2. The first-order valence-electron chi connectivity index (χ1n) is 6.00. The summed E-state index contributed by atoms with van der Waals surface area (Å²) in [7, 11) is 0. The van der Waals surface area contributed by atoms with Gasteiger partial charge in [-0.05, 0) is 31.9 Å². The topological polar surface area (TPSA) is 43.8 Å². The quantitative estimate of drug-likeness (QED) is 0.879. The molecule has 1 aromatic carbocycles. The molecule has 0 aliphatic carbocycles. The Balaban J connectivity index is 2.56. The van der Waals surface area contributed by atoms with E-state index in [0.717, 1.165) is 17.8 Å². The highest BCUT2D eigenvalue weighted by atomic mass is 15.1. The maximum absolute atomic E-state index is 6.16. The van der Waals surface area contributed by atoms with Crippen molar-refractivity contribution in [2.45, 2.75) is 33.2 Å². The molecule has 3 heteroatoms. The third-order valence-corrected chi connectivity index (χ3v) is 3.29. The van der Waals surface area contributed by atoms with Gasteiger partial charge in [0, 0.05) is 11.7 Å². The third kappa shape index (κ3) is 2.11. The first-order chi connectivity index (χ1) is 8.15. The van der Waals surface area contributed by atoms with Gasteiger partial charge in [-0.15, -0.1) is 0 Å². The molecule has 1 aromatic heterocycles. The summed E-state index contributed by atoms with van der Waals surface area (Å²) >= 11 is 0. The molecular weight excluding hydrogens is 210 g/mol. The molecule has 0 aliphatic heterocycles. The van der Waals surface area contributed by atoms with Crippen LogP contribution in [0.4, 0.5) is 0 Å². The van der Waals surface area contributed by atoms with Gasteiger partial charge in [0.15, 0.2) is 0 Å². The Kier molecular flexibility index (Phi) is 3.29. The van der Waals surface area contributed by atoms with Crippen LogP contribution in [0.15, 0.2) is 30.6 Å². The number of benzene rings is 1. The summed E-state index contributed by atoms with van der Waals surface area (Å²) in [5.74, 6) is 0. The van der Waals surface area contributed by atoms with Crippen LogP contribution in [-0.2, 0) is 0 Å². The van der Waals surface area contributed by atoms with Crippen LogP contribution in [-0.4, -0.2) is 9.55 Å². The molecule has 2 N–H and O–H groups in total. The van der Waals surface area contributed by atoms with Crippen LogP contribution < -0.4 is 5.73 Å². The predicted octanol–water partition coefficient (Wildman–Crippen LogP) is 2.90. The van der Waals surface area contributed by atoms with Gasteiger partial charge in [-0.3, -0.25) is 0 Å². The van der Waals surface area contributed by atoms with Gasteiger partial charge in [0.1, 0.15) is 0 Å². The fourth-order valence-corrected chi connectivity index (χ4v) is 1.98. The fraction of sp³-hybridized carbons (Fsp3) is 0.357. The number of hydrogen-bond donors (Lipinski definition) is 1. The number of aryl methyl sites for hydroxylation is 1. The molecule has 0 saturated heterocycles. The van der Waals surface area contributed by atoms with Gasteiger partial charge in [-0.2, -0.15) is 0 Å². The number of nitrogens with zero attached hydrogens (tertiary/aromatic N) is 2. The van der Waals surface area contributed by atoms with Crippen molar-refractivity contribution in [1.82, 2.24) is 9.55 Å². The molecule has 0 radical (unpaired) electrons. The van der Waals surface area contributed by atoms with Crippen LogP contribution in [0.1, 0.15) is 36.3 Å². The Labute approximate surface area is 102 Å². The van der Waals surface area contributed by atoms with E-state index in [1.807, 2.05) is 25.4 Å². The minimum Gasteiger partial charge on any atom is -0.324 e. The second-order valence-electron chi connectivity index (χ2n) is 4.36. The molecule has 1 atom stereocenters. The molecule has 0 unspecified atom stereocenters. The number of hydrogen-bond acceptors (Lipinski definition) is 2. The van der Waals surface area contributed by atoms with E-state index in [1.54, 1.807) is 0 Å². The van der Waals surface area contributed by atoms with Gasteiger partial charge >= 0.3 is 0 Å². The molecule has 1 heterocycles. The zero-order valence-corrected chi connectivity index (χ0v) is 10.6. The molecule has 3 nitrogen and oxygen atoms in total. The molecule has 17 heavy (non-hydrogen) atoms. The number of imidazole rings is 1. The van der Waals surface area contributed by atoms with E-state index >= 15 is 0 Å². The van der Waals surface area contributed by atoms with Gasteiger partial charge in [0.25, 0.3) is 0 Å². The summed E-state index contributed by atoms with van der Waals surface area (Å²) in [6, 6.07) is 8.34. The van der Waals surface area contributed by atoms with Crippen molar-refractivity contribution in [2.24, 2.45) is 5.73 Å². The number of rotatable bonds is 3. The maximum Gasteiger partial charge on any atom is 0.0997 e. The molecular formula is C14H19N3. The molecule has 2 rings (SSSR count). The SMILES string of the molecule is CC[C@@H](N)c1ccccc1-n1cnc(C)c1C. The Morgan fingerprint density at radius 2 is 2.00 bits per heavy atom. The number of nitrogens with two attached hydrogens (primary N) is 1. The smallest absolute Gasteiger partial charge is 0.0997 e. The maximum atomic E-state index is 6.16. The van der Waals surface area contributed by atoms with Crippen molar-refractivity contribution < 1.29 is 0 Å². The van der Waals surface area contributed by atoms with Gasteiger partial charge < -0.3 is 10.3 Å². The summed E-state index contributed by atoms with van der Waals surface area (Å²) in [6.07, 6.45) is 2.80. The van der Waals surface area contributed by atoms with Gasteiger partial charge in [-0.1, -0.05) is 25.1 Å². The highest BCUT2D eigenvalue weighted by molar-refractivity contribution is 5.44. The lowest BCUT2D eigenvalue weighted by molar-refractivity contribution is 0.691. The van der Waals surface area contributed by atoms with Crippen LogP contribution in [0.5, 0.6) is 0 Å². The summed E-state index contributed by atoms with van der Waals surface area (Å²) in [5.41, 5.74) is 10.7. The molecule has 0 bridgehead atoms. The Morgan fingerprint density at radius 1 is 1.29 bits per heavy atom. The predicted molar refractivity (Wildman–Crippen MR) is 70.3 cm³/mol. The van der Waals surface area contributed by atoms with Crippen LogP contribution in [0.25, 0.3) is 5.69 Å². The lowest BCUT2D eigenvalue weighted by atomic mass is 10.0. The van der Waals surface area contributed by atoms with Crippen LogP contribution in [0, 0.1) is 13.8 Å². The van der Waals surface area contributed by atoms with Gasteiger partial charge in [0.05, 0.1) is 17.7 Å². The summed E-state index contributed by atoms with van der Waals surface area (Å²) in [4.78, 5) is 4.34. The van der Waals surface area contributed by atoms with E-state index in [0.29, 0.717) is 0 Å². The fourth-order valence-electron chi connectivity index (χ4n) is 1.98. The second kappa shape index (κ2) is 4.72. The minimum absolute atomic E-state index is 0.0771. The highest BCUT2D eigenvalue weighted by Crippen LogP contribution is 2.23. The average Bonchev–Trinajstić information content (AvgIpc) is 2.69. The summed E-state index contributed by atoms with van der Waals surface area (Å²) < 4.78 is 2.11. The van der Waals surface area contributed by atoms with Crippen molar-refractivity contribution in [3.05, 3.63) is 47.5 Å². The summed E-state index contributed by atoms with van der Waals surface area (Å²) in [5, 5.41) is 0. The second-order valence-corrected chi connectivity index (χ2v) is 4.36. The monoisotopic (exact) mass is 229 g/mol. The van der Waals surface area contributed by atoms with E-state index in [2.05, 4.69) is 35.5 Å². The lowest BCUT2D eigenvalue weighted by Crippen LogP contribution is -2.12. The third-order valence-electron chi connectivity index (χ3n) is 3.29. The molecule has 0 saturated carbocycles. The van der Waals surface area contributed by atoms with E-state index in [4.69, 9.17) is 5.73 Å². The molecule has 0 aliphatic rings. The standard InChI is InChI=1S/C14H19N3/c1-4-13(15)12-7-5-6-8-14(12)17-9-16-10(2)11(17)3/h5-9,13H,4,15H2,1-3H3/t13-/m1/s1. The minimum atomic E-state index is 0.0771. The van der Waals surface area contributed by atoms with Crippen LogP contribution >= 0.6 is 0 Å². The molecule has 0 spiro atoms. The van der Waals surface area contributed by atoms with Gasteiger partial charge in [0.2, 0.25) is 0 Å². The van der Waals surface area contributed by atoms with Crippen molar-refractivity contribution >= 4 is 0 Å². The zero-order chi connectivity index (χ0) is 12.4. The molecule has 90 valence electrons. The van der Waals surface area contributed by atoms with Crippen molar-refractivity contribution in [3.8, 4) is 5.69 Å². The largest absolute Gasteiger partial charge is 0.324 e. The normalized spacial score (nSPS) is 12.7. The Morgan fingerprint density at radius 3 is 2.59 bits per heavy atom. The molecule has 2 aromatic rings. The Bertz CT molecular complexity index is 514. The van der Waals surface area contributed by atoms with Gasteiger partial charge in [-0.25, -0.2) is 4.98 Å². The van der Waals surface area contributed by atoms with Crippen molar-refractivity contribution in [2.75, 3.05) is 0 Å². The Hall–Kier alpha value is -1.61. The van der Waals surface area contributed by atoms with Crippen molar-refractivity contribution in [3.63, 3.8) is 0 Å². The molecule has 0 fully saturated rings. The zero-order valence-electron chi connectivity index (χ0n) is 10.6. The van der Waals surface area contributed by atoms with E-state index < -0.39 is 0 Å². The summed E-state index contributed by atoms with van der Waals surface area (Å²) in [6.45, 7) is 6.21. The van der Waals surface area contributed by atoms with E-state index in [1.165, 1.54) is 11.3 Å². The lowest BCUT2D eigenvalue weighted by Gasteiger charge is -2.16. The molecule has 0 amide bonds. The van der Waals surface area contributed by atoms with Crippen molar-refractivity contribution in [1.29, 1.82) is 0 Å². The van der Waals surface area contributed by atoms with Crippen LogP contribution in [0.2, 0.25) is 0 Å². The average molecular weight is 229 g/mol. The van der Waals surface area contributed by atoms with E-state index in [9.17, 15) is 0 Å². The van der Waals surface area contributed by atoms with E-state index in [-0.39, 0.29) is 6.04 Å². The first kappa shape index (κ1) is 11.9. The number of para-hydroxylation sites is 1. The highest BCUT2D eigenvalue weighted by Gasteiger charge is 2.12. The first-order valence-corrected chi connectivity index (χ1v) is 6.00. The van der Waals surface area contributed by atoms with Crippen LogP contribution in [0.3, 0.4) is 0 Å².